The molecule has 0 saturated heterocycles. The number of aliphatic hydroxyl groups excluding tert-OH is 2. The van der Waals surface area contributed by atoms with Crippen LogP contribution >= 0.6 is 11.3 Å². The van der Waals surface area contributed by atoms with E-state index in [4.69, 9.17) is 10.2 Å². The third kappa shape index (κ3) is 3.26. The third-order valence-corrected chi connectivity index (χ3v) is 2.74. The van der Waals surface area contributed by atoms with Crippen molar-refractivity contribution in [1.29, 1.82) is 0 Å². The van der Waals surface area contributed by atoms with E-state index in [1.165, 1.54) is 12.1 Å². The molecule has 1 aromatic heterocycles. The SMILES string of the molecule is O=C(NCC(O)CO)c1ccc([N+](=O)[O-])s1. The first-order chi connectivity index (χ1) is 7.54. The Kier molecular flexibility index (Phi) is 4.35. The number of thiophene rings is 1. The molecule has 1 amide bonds. The van der Waals surface area contributed by atoms with Gasteiger partial charge in [0, 0.05) is 12.6 Å². The van der Waals surface area contributed by atoms with E-state index in [2.05, 4.69) is 5.32 Å². The summed E-state index contributed by atoms with van der Waals surface area (Å²) in [6, 6.07) is 2.57. The molecule has 0 aromatic carbocycles. The topological polar surface area (TPSA) is 113 Å². The maximum Gasteiger partial charge on any atom is 0.324 e. The van der Waals surface area contributed by atoms with E-state index in [0.29, 0.717) is 0 Å². The van der Waals surface area contributed by atoms with E-state index < -0.39 is 23.5 Å². The zero-order valence-corrected chi connectivity index (χ0v) is 8.94. The van der Waals surface area contributed by atoms with Crippen LogP contribution in [0.5, 0.6) is 0 Å². The number of hydrogen-bond acceptors (Lipinski definition) is 6. The van der Waals surface area contributed by atoms with Gasteiger partial charge in [-0.05, 0) is 6.07 Å². The highest BCUT2D eigenvalue weighted by Crippen LogP contribution is 2.23. The molecule has 8 heteroatoms. The molecule has 0 aliphatic carbocycles. The molecule has 3 N–H and O–H groups in total. The molecule has 0 aliphatic rings. The number of nitro groups is 1. The minimum absolute atomic E-state index is 0.0962. The van der Waals surface area contributed by atoms with E-state index in [0.717, 1.165) is 11.3 Å². The van der Waals surface area contributed by atoms with E-state index in [1.54, 1.807) is 0 Å². The van der Waals surface area contributed by atoms with Gasteiger partial charge in [-0.2, -0.15) is 0 Å². The third-order valence-electron chi connectivity index (χ3n) is 1.70. The van der Waals surface area contributed by atoms with E-state index in [9.17, 15) is 14.9 Å². The van der Waals surface area contributed by atoms with Gasteiger partial charge in [0.05, 0.1) is 22.5 Å². The highest BCUT2D eigenvalue weighted by atomic mass is 32.1. The minimum Gasteiger partial charge on any atom is -0.394 e. The lowest BCUT2D eigenvalue weighted by Crippen LogP contribution is -2.33. The van der Waals surface area contributed by atoms with Gasteiger partial charge in [0.1, 0.15) is 0 Å². The van der Waals surface area contributed by atoms with Crippen molar-refractivity contribution < 1.29 is 19.9 Å². The Bertz CT molecular complexity index is 392. The fraction of sp³-hybridized carbons (Fsp3) is 0.375. The second-order valence-electron chi connectivity index (χ2n) is 2.94. The molecule has 0 aliphatic heterocycles. The zero-order valence-electron chi connectivity index (χ0n) is 8.12. The van der Waals surface area contributed by atoms with Crippen LogP contribution < -0.4 is 5.32 Å². The molecule has 0 bridgehead atoms. The van der Waals surface area contributed by atoms with Gasteiger partial charge in [0.25, 0.3) is 5.91 Å². The predicted molar refractivity (Wildman–Crippen MR) is 56.4 cm³/mol. The van der Waals surface area contributed by atoms with Crippen molar-refractivity contribution in [3.05, 3.63) is 27.1 Å². The van der Waals surface area contributed by atoms with Crippen molar-refractivity contribution in [2.45, 2.75) is 6.10 Å². The summed E-state index contributed by atoms with van der Waals surface area (Å²) in [6.07, 6.45) is -1.03. The van der Waals surface area contributed by atoms with Gasteiger partial charge in [0.2, 0.25) is 0 Å². The van der Waals surface area contributed by atoms with Crippen LogP contribution in [0.3, 0.4) is 0 Å². The molecule has 1 unspecified atom stereocenters. The molecular formula is C8H10N2O5S. The lowest BCUT2D eigenvalue weighted by Gasteiger charge is -2.07. The van der Waals surface area contributed by atoms with Crippen LogP contribution in [-0.2, 0) is 0 Å². The summed E-state index contributed by atoms with van der Waals surface area (Å²) < 4.78 is 0. The molecule has 88 valence electrons. The van der Waals surface area contributed by atoms with Crippen LogP contribution in [-0.4, -0.2) is 40.3 Å². The normalized spacial score (nSPS) is 12.1. The molecule has 0 fully saturated rings. The molecule has 7 nitrogen and oxygen atoms in total. The number of carbonyl (C=O) groups excluding carboxylic acids is 1. The Hall–Kier alpha value is -1.51. The Morgan fingerprint density at radius 2 is 2.31 bits per heavy atom. The number of rotatable bonds is 5. The largest absolute Gasteiger partial charge is 0.394 e. The lowest BCUT2D eigenvalue weighted by molar-refractivity contribution is -0.380. The first-order valence-corrected chi connectivity index (χ1v) is 5.17. The summed E-state index contributed by atoms with van der Waals surface area (Å²) in [4.78, 5) is 21.4. The van der Waals surface area contributed by atoms with Gasteiger partial charge in [0.15, 0.2) is 0 Å². The zero-order chi connectivity index (χ0) is 12.1. The van der Waals surface area contributed by atoms with Crippen LogP contribution in [0.25, 0.3) is 0 Å². The van der Waals surface area contributed by atoms with E-state index >= 15 is 0 Å². The summed E-state index contributed by atoms with van der Waals surface area (Å²) in [5.41, 5.74) is 0. The number of nitrogens with zero attached hydrogens (tertiary/aromatic N) is 1. The average Bonchev–Trinajstić information content (AvgIpc) is 2.74. The molecule has 0 saturated carbocycles. The van der Waals surface area contributed by atoms with Gasteiger partial charge in [-0.15, -0.1) is 0 Å². The van der Waals surface area contributed by atoms with Crippen molar-refractivity contribution in [3.63, 3.8) is 0 Å². The summed E-state index contributed by atoms with van der Waals surface area (Å²) in [5.74, 6) is -0.509. The van der Waals surface area contributed by atoms with Crippen LogP contribution in [0.1, 0.15) is 9.67 Å². The second kappa shape index (κ2) is 5.54. The first kappa shape index (κ1) is 12.6. The number of aliphatic hydroxyl groups is 2. The molecule has 0 radical (unpaired) electrons. The van der Waals surface area contributed by atoms with Crippen LogP contribution in [0, 0.1) is 10.1 Å². The molecular weight excluding hydrogens is 236 g/mol. The smallest absolute Gasteiger partial charge is 0.324 e. The van der Waals surface area contributed by atoms with Crippen molar-refractivity contribution in [3.8, 4) is 0 Å². The van der Waals surface area contributed by atoms with E-state index in [-0.39, 0.29) is 16.4 Å². The molecule has 0 spiro atoms. The average molecular weight is 246 g/mol. The fourth-order valence-corrected chi connectivity index (χ4v) is 1.65. The molecule has 1 heterocycles. The molecule has 1 atom stereocenters. The highest BCUT2D eigenvalue weighted by molar-refractivity contribution is 7.17. The predicted octanol–water partition coefficient (Wildman–Crippen LogP) is -0.261. The summed E-state index contributed by atoms with van der Waals surface area (Å²) >= 11 is 0.753. The number of carbonyl (C=O) groups is 1. The maximum atomic E-state index is 11.4. The van der Waals surface area contributed by atoms with Crippen LogP contribution in [0.15, 0.2) is 12.1 Å². The van der Waals surface area contributed by atoms with Crippen molar-refractivity contribution >= 4 is 22.2 Å². The van der Waals surface area contributed by atoms with Crippen molar-refractivity contribution in [1.82, 2.24) is 5.32 Å². The van der Waals surface area contributed by atoms with Crippen molar-refractivity contribution in [2.75, 3.05) is 13.2 Å². The maximum absolute atomic E-state index is 11.4. The molecule has 1 aromatic rings. The number of hydrogen-bond donors (Lipinski definition) is 3. The highest BCUT2D eigenvalue weighted by Gasteiger charge is 2.15. The Labute approximate surface area is 94.5 Å². The lowest BCUT2D eigenvalue weighted by atomic mass is 10.3. The summed E-state index contributed by atoms with van der Waals surface area (Å²) in [7, 11) is 0. The van der Waals surface area contributed by atoms with Crippen LogP contribution in [0.4, 0.5) is 5.00 Å². The Balaban J connectivity index is 2.56. The standard InChI is InChI=1S/C8H10N2O5S/c11-4-5(12)3-9-8(13)6-1-2-7(16-6)10(14)15/h1-2,5,11-12H,3-4H2,(H,9,13). The summed E-state index contributed by atoms with van der Waals surface area (Å²) in [5, 5.41) is 30.1. The molecule has 1 rings (SSSR count). The first-order valence-electron chi connectivity index (χ1n) is 4.36. The van der Waals surface area contributed by atoms with Gasteiger partial charge in [-0.25, -0.2) is 0 Å². The Morgan fingerprint density at radius 3 is 2.81 bits per heavy atom. The Morgan fingerprint density at radius 1 is 1.62 bits per heavy atom. The number of amides is 1. The van der Waals surface area contributed by atoms with Crippen LogP contribution in [0.2, 0.25) is 0 Å². The molecule has 16 heavy (non-hydrogen) atoms. The van der Waals surface area contributed by atoms with Gasteiger partial charge in [-0.3, -0.25) is 14.9 Å². The summed E-state index contributed by atoms with van der Waals surface area (Å²) in [6.45, 7) is -0.550. The van der Waals surface area contributed by atoms with Crippen molar-refractivity contribution in [2.24, 2.45) is 0 Å². The second-order valence-corrected chi connectivity index (χ2v) is 4.00. The van der Waals surface area contributed by atoms with Gasteiger partial charge >= 0.3 is 5.00 Å². The van der Waals surface area contributed by atoms with Gasteiger partial charge in [-0.1, -0.05) is 11.3 Å². The number of nitrogens with one attached hydrogen (secondary N) is 1. The van der Waals surface area contributed by atoms with E-state index in [1.807, 2.05) is 0 Å². The monoisotopic (exact) mass is 246 g/mol. The quantitative estimate of drug-likeness (QED) is 0.489. The fourth-order valence-electron chi connectivity index (χ4n) is 0.910. The van der Waals surface area contributed by atoms with Gasteiger partial charge < -0.3 is 15.5 Å². The minimum atomic E-state index is -1.03.